The Morgan fingerprint density at radius 3 is 2.11 bits per heavy atom. The summed E-state index contributed by atoms with van der Waals surface area (Å²) < 4.78 is 9.07. The minimum atomic E-state index is -0.337. The van der Waals surface area contributed by atoms with Crippen LogP contribution in [0.2, 0.25) is 0 Å². The summed E-state index contributed by atoms with van der Waals surface area (Å²) in [6.07, 6.45) is 7.63. The van der Waals surface area contributed by atoms with Crippen LogP contribution in [0.1, 0.15) is 119 Å². The van der Waals surface area contributed by atoms with Crippen LogP contribution < -0.4 is 0 Å². The summed E-state index contributed by atoms with van der Waals surface area (Å²) in [5.74, 6) is 1.93. The van der Waals surface area contributed by atoms with Gasteiger partial charge in [-0.3, -0.25) is 9.78 Å². The number of aromatic nitrogens is 1. The van der Waals surface area contributed by atoms with Gasteiger partial charge in [0.15, 0.2) is 5.78 Å². The Bertz CT molecular complexity index is 2260. The first-order valence-electron chi connectivity index (χ1n) is 19.1. The van der Waals surface area contributed by atoms with Crippen molar-refractivity contribution in [3.63, 3.8) is 0 Å². The maximum atomic E-state index is 12.2. The molecule has 4 nitrogen and oxygen atoms in total. The van der Waals surface area contributed by atoms with Gasteiger partial charge in [0.1, 0.15) is 17.1 Å². The van der Waals surface area contributed by atoms with Crippen molar-refractivity contribution in [2.45, 2.75) is 121 Å². The third-order valence-corrected chi connectivity index (χ3v) is 12.7. The Balaban J connectivity index is 0.000000299. The number of nitrogens with zero attached hydrogens (tertiary/aromatic N) is 1. The molecule has 0 unspecified atom stereocenters. The molecule has 3 heterocycles. The van der Waals surface area contributed by atoms with Crippen molar-refractivity contribution in [2.24, 2.45) is 16.7 Å². The quantitative estimate of drug-likeness (QED) is 0.0845. The number of furan rings is 1. The minimum absolute atomic E-state index is 0. The van der Waals surface area contributed by atoms with Crippen LogP contribution in [0.15, 0.2) is 71.0 Å². The molecule has 0 aliphatic carbocycles. The Morgan fingerprint density at radius 2 is 1.51 bits per heavy atom. The van der Waals surface area contributed by atoms with Gasteiger partial charge in [-0.05, 0) is 73.1 Å². The van der Waals surface area contributed by atoms with Crippen molar-refractivity contribution in [3.8, 4) is 11.3 Å². The zero-order valence-electron chi connectivity index (χ0n) is 33.8. The number of aryl methyl sites for hydroxylation is 1. The Kier molecular flexibility index (Phi) is 13.3. The van der Waals surface area contributed by atoms with E-state index in [9.17, 15) is 9.90 Å². The maximum absolute atomic E-state index is 12.2. The molecule has 1 N–H and O–H groups in total. The molecule has 0 spiro atoms. The second-order valence-electron chi connectivity index (χ2n) is 16.5. The second-order valence-corrected chi connectivity index (χ2v) is 17.6. The van der Waals surface area contributed by atoms with Gasteiger partial charge in [0.2, 0.25) is 0 Å². The van der Waals surface area contributed by atoms with E-state index in [1.807, 2.05) is 59.1 Å². The molecule has 6 heteroatoms. The molecule has 0 saturated heterocycles. The van der Waals surface area contributed by atoms with Crippen molar-refractivity contribution in [2.75, 3.05) is 0 Å². The predicted molar refractivity (Wildman–Crippen MR) is 224 cm³/mol. The largest absolute Gasteiger partial charge is 0.512 e. The van der Waals surface area contributed by atoms with E-state index in [2.05, 4.69) is 96.1 Å². The van der Waals surface area contributed by atoms with Crippen LogP contribution in [0, 0.1) is 29.7 Å². The molecule has 1 radical (unpaired) electrons. The number of aliphatic hydroxyl groups is 1. The summed E-state index contributed by atoms with van der Waals surface area (Å²) in [4.78, 5) is 17.1. The van der Waals surface area contributed by atoms with Crippen LogP contribution in [-0.2, 0) is 36.7 Å². The van der Waals surface area contributed by atoms with Crippen LogP contribution >= 0.6 is 11.3 Å². The van der Waals surface area contributed by atoms with E-state index in [1.165, 1.54) is 48.1 Å². The topological polar surface area (TPSA) is 63.3 Å². The molecule has 0 amide bonds. The number of carbonyl (C=O) groups excluding carboxylic acids is 1. The number of hydrogen-bond donors (Lipinski definition) is 1. The molecular formula is C47H58IrNO3S-. The van der Waals surface area contributed by atoms with Crippen molar-refractivity contribution in [1.29, 1.82) is 0 Å². The fourth-order valence-corrected chi connectivity index (χ4v) is 8.06. The van der Waals surface area contributed by atoms with E-state index in [-0.39, 0.29) is 47.9 Å². The van der Waals surface area contributed by atoms with Gasteiger partial charge in [0.05, 0.1) is 0 Å². The third-order valence-electron chi connectivity index (χ3n) is 11.6. The smallest absolute Gasteiger partial charge is 0.164 e. The van der Waals surface area contributed by atoms with Crippen molar-refractivity contribution in [1.82, 2.24) is 4.98 Å². The van der Waals surface area contributed by atoms with Crippen molar-refractivity contribution >= 4 is 59.0 Å². The molecule has 3 aromatic heterocycles. The van der Waals surface area contributed by atoms with E-state index in [0.717, 1.165) is 60.1 Å². The molecule has 6 rings (SSSR count). The van der Waals surface area contributed by atoms with Crippen LogP contribution in [0.5, 0.6) is 0 Å². The van der Waals surface area contributed by atoms with Gasteiger partial charge < -0.3 is 9.52 Å². The Morgan fingerprint density at radius 1 is 0.887 bits per heavy atom. The van der Waals surface area contributed by atoms with Crippen LogP contribution in [-0.4, -0.2) is 15.9 Å². The fourth-order valence-electron chi connectivity index (χ4n) is 6.96. The normalized spacial score (nSPS) is 12.8. The average Bonchev–Trinajstić information content (AvgIpc) is 3.66. The molecule has 0 aliphatic heterocycles. The summed E-state index contributed by atoms with van der Waals surface area (Å²) in [5.41, 5.74) is 5.00. The molecule has 0 saturated carbocycles. The number of rotatable bonds is 10. The van der Waals surface area contributed by atoms with Gasteiger partial charge in [0, 0.05) is 75.5 Å². The summed E-state index contributed by atoms with van der Waals surface area (Å²) >= 11 is 1.81. The van der Waals surface area contributed by atoms with E-state index in [0.29, 0.717) is 5.92 Å². The summed E-state index contributed by atoms with van der Waals surface area (Å²) in [7, 11) is 0. The number of allylic oxidation sites excluding steroid dienone is 2. The van der Waals surface area contributed by atoms with Gasteiger partial charge >= 0.3 is 0 Å². The zero-order valence-corrected chi connectivity index (χ0v) is 37.1. The monoisotopic (exact) mass is 909 g/mol. The van der Waals surface area contributed by atoms with E-state index in [1.54, 1.807) is 0 Å². The molecule has 285 valence electrons. The Labute approximate surface area is 334 Å². The number of benzene rings is 3. The first kappa shape index (κ1) is 42.4. The van der Waals surface area contributed by atoms with Crippen LogP contribution in [0.25, 0.3) is 53.2 Å². The summed E-state index contributed by atoms with van der Waals surface area (Å²) in [6, 6.07) is 21.2. The standard InChI is InChI=1S/C32H30NOS.C15H28O2.Ir/c1-18(2)15-25-19(3)22-11-12-26-29(31(22)34-25)28-27(35-26)13-14-33-30(28)21-16-20-9-7-8-10-23(20)24(17-21)32(4,5)6;1-7-14(5,8-2)12(16)11-13(17)15(6,9-3)10-4;/h7-14,17-18H,15H2,1-6H3;11,16H,7-10H2,1-6H3;/q-1;;/b;12-11-;. The molecule has 6 aromatic rings. The van der Waals surface area contributed by atoms with Gasteiger partial charge in [-0.25, -0.2) is 0 Å². The number of ketones is 1. The number of thiophene rings is 1. The molecular weight excluding hydrogens is 851 g/mol. The first-order valence-corrected chi connectivity index (χ1v) is 20.0. The summed E-state index contributed by atoms with van der Waals surface area (Å²) in [6.45, 7) is 25.6. The van der Waals surface area contributed by atoms with Gasteiger partial charge in [-0.15, -0.1) is 40.5 Å². The molecule has 0 bridgehead atoms. The molecule has 0 fully saturated rings. The van der Waals surface area contributed by atoms with Crippen LogP contribution in [0.3, 0.4) is 0 Å². The van der Waals surface area contributed by atoms with Crippen LogP contribution in [0.4, 0.5) is 0 Å². The van der Waals surface area contributed by atoms with E-state index >= 15 is 0 Å². The SMILES string of the molecule is CCC(C)(CC)C(=O)/C=C(\O)C(C)(CC)CC.Cc1c(CC(C)C)oc2c1ccc1sc3ccnc(-c4[c-]c5ccccc5c(C(C)(C)C)c4)c3c12.[Ir]. The fraction of sp³-hybridized carbons (Fsp3) is 0.447. The second kappa shape index (κ2) is 16.6. The summed E-state index contributed by atoms with van der Waals surface area (Å²) in [5, 5.41) is 16.1. The molecule has 0 aliphatic rings. The van der Waals surface area contributed by atoms with Crippen molar-refractivity contribution < 1.29 is 34.4 Å². The molecule has 53 heavy (non-hydrogen) atoms. The van der Waals surface area contributed by atoms with Gasteiger partial charge in [-0.1, -0.05) is 105 Å². The number of fused-ring (bicyclic) bond motifs is 6. The maximum Gasteiger partial charge on any atom is 0.164 e. The molecule has 0 atom stereocenters. The Hall–Kier alpha value is -3.31. The predicted octanol–water partition coefficient (Wildman–Crippen LogP) is 14.3. The van der Waals surface area contributed by atoms with Gasteiger partial charge in [0.25, 0.3) is 0 Å². The number of hydrogen-bond acceptors (Lipinski definition) is 5. The van der Waals surface area contributed by atoms with Gasteiger partial charge in [-0.2, -0.15) is 0 Å². The minimum Gasteiger partial charge on any atom is -0.512 e. The van der Waals surface area contributed by atoms with E-state index in [4.69, 9.17) is 9.40 Å². The van der Waals surface area contributed by atoms with E-state index < -0.39 is 0 Å². The zero-order chi connectivity index (χ0) is 38.2. The first-order chi connectivity index (χ1) is 24.5. The average molecular weight is 909 g/mol. The third kappa shape index (κ3) is 8.36. The number of carbonyl (C=O) groups is 1. The van der Waals surface area contributed by atoms with Crippen molar-refractivity contribution in [3.05, 3.63) is 89.5 Å². The molecule has 3 aromatic carbocycles. The number of aliphatic hydroxyl groups excluding tert-OH is 1. The number of pyridine rings is 1.